The fourth-order valence-electron chi connectivity index (χ4n) is 1.06. The lowest BCUT2D eigenvalue weighted by atomic mass is 10.3. The molecule has 0 aromatic heterocycles. The smallest absolute Gasteiger partial charge is 0.457 e. The van der Waals surface area contributed by atoms with Crippen molar-refractivity contribution in [1.29, 1.82) is 0 Å². The number of halogens is 2. The first kappa shape index (κ1) is 13.7. The first-order valence-corrected chi connectivity index (χ1v) is 8.95. The summed E-state index contributed by atoms with van der Waals surface area (Å²) < 4.78 is 5.56. The highest BCUT2D eigenvalue weighted by atomic mass is 35.6. The number of benzene rings is 2. The number of hydrogen-bond acceptors (Lipinski definition) is 1. The molecule has 2 aromatic rings. The molecule has 1 nitrogen and oxygen atoms in total. The second kappa shape index (κ2) is 8.71. The largest absolute Gasteiger partial charge is 0.618 e. The van der Waals surface area contributed by atoms with Gasteiger partial charge in [-0.05, 0) is 30.3 Å². The highest BCUT2D eigenvalue weighted by molar-refractivity contribution is 7.22. The van der Waals surface area contributed by atoms with E-state index in [-0.39, 0.29) is 0 Å². The van der Waals surface area contributed by atoms with Gasteiger partial charge in [0.05, 0.1) is 0 Å². The van der Waals surface area contributed by atoms with Gasteiger partial charge in [0.15, 0.2) is 0 Å². The fourth-order valence-corrected chi connectivity index (χ4v) is 1.06. The first-order valence-electron chi connectivity index (χ1n) is 4.67. The van der Waals surface area contributed by atoms with Crippen LogP contribution in [0.4, 0.5) is 0 Å². The van der Waals surface area contributed by atoms with Crippen LogP contribution in [-0.4, -0.2) is 18.2 Å². The van der Waals surface area contributed by atoms with E-state index in [1.165, 1.54) is 0 Å². The van der Waals surface area contributed by atoms with Crippen molar-refractivity contribution in [3.05, 3.63) is 60.7 Å². The lowest BCUT2D eigenvalue weighted by molar-refractivity contribution is 0.482. The van der Waals surface area contributed by atoms with Crippen molar-refractivity contribution in [1.82, 2.24) is 0 Å². The Kier molecular flexibility index (Phi) is 7.43. The summed E-state index contributed by atoms with van der Waals surface area (Å²) >= 11 is -0.639. The predicted molar refractivity (Wildman–Crippen MR) is 69.3 cm³/mol. The molecule has 2 rings (SSSR count). The van der Waals surface area contributed by atoms with E-state index in [1.807, 2.05) is 54.6 Å². The molecule has 1 radical (unpaired) electrons. The van der Waals surface area contributed by atoms with Gasteiger partial charge in [-0.25, -0.2) is 0 Å². The van der Waals surface area contributed by atoms with Crippen LogP contribution in [0, 0.1) is 6.07 Å². The SMILES string of the molecule is [Cl][Mg][Cl].[c]1ccc(Oc2ccccc2)cc1. The van der Waals surface area contributed by atoms with Crippen LogP contribution in [0.3, 0.4) is 0 Å². The second-order valence-corrected chi connectivity index (χ2v) is 5.38. The van der Waals surface area contributed by atoms with E-state index in [0.717, 1.165) is 11.5 Å². The van der Waals surface area contributed by atoms with Crippen LogP contribution >= 0.6 is 18.1 Å². The third kappa shape index (κ3) is 5.61. The molecule has 4 heteroatoms. The van der Waals surface area contributed by atoms with E-state index < -0.39 is 18.2 Å². The minimum absolute atomic E-state index is 0.639. The first-order chi connectivity index (χ1) is 7.86. The van der Waals surface area contributed by atoms with E-state index in [1.54, 1.807) is 0 Å². The van der Waals surface area contributed by atoms with Gasteiger partial charge in [-0.1, -0.05) is 30.3 Å². The number of ether oxygens (including phenoxy) is 1. The third-order valence-electron chi connectivity index (χ3n) is 1.67. The van der Waals surface area contributed by atoms with Crippen molar-refractivity contribution in [3.8, 4) is 11.5 Å². The molecule has 0 fully saturated rings. The summed E-state index contributed by atoms with van der Waals surface area (Å²) in [7, 11) is 9.81. The highest BCUT2D eigenvalue weighted by Crippen LogP contribution is 2.19. The molecule has 0 aliphatic carbocycles. The van der Waals surface area contributed by atoms with Gasteiger partial charge >= 0.3 is 18.2 Å². The summed E-state index contributed by atoms with van der Waals surface area (Å²) in [5, 5.41) is 0. The second-order valence-electron chi connectivity index (χ2n) is 2.75. The van der Waals surface area contributed by atoms with Gasteiger partial charge in [-0.15, -0.1) is 0 Å². The maximum atomic E-state index is 5.56. The van der Waals surface area contributed by atoms with Crippen molar-refractivity contribution in [3.63, 3.8) is 0 Å². The topological polar surface area (TPSA) is 9.23 Å². The summed E-state index contributed by atoms with van der Waals surface area (Å²) in [6.07, 6.45) is 0. The molecule has 0 unspecified atom stereocenters. The minimum atomic E-state index is -0.639. The monoisotopic (exact) mass is 263 g/mol. The Morgan fingerprint density at radius 1 is 0.875 bits per heavy atom. The quantitative estimate of drug-likeness (QED) is 0.736. The van der Waals surface area contributed by atoms with Crippen LogP contribution in [0.5, 0.6) is 11.5 Å². The van der Waals surface area contributed by atoms with E-state index in [9.17, 15) is 0 Å². The number of hydrogen-bond donors (Lipinski definition) is 0. The molecule has 0 heterocycles. The van der Waals surface area contributed by atoms with Crippen molar-refractivity contribution in [2.75, 3.05) is 0 Å². The number of para-hydroxylation sites is 1. The Labute approximate surface area is 113 Å². The average Bonchev–Trinajstić information content (AvgIpc) is 2.33. The molecule has 0 saturated heterocycles. The molecule has 16 heavy (non-hydrogen) atoms. The van der Waals surface area contributed by atoms with Crippen molar-refractivity contribution in [2.24, 2.45) is 0 Å². The standard InChI is InChI=1S/C12H9O.2ClH.Mg/c1-3-7-11(8-4-1)13-12-9-5-2-6-10-12;;;/h1,3-10H;2*1H;/q;;;+2/p-2. The molecule has 0 bridgehead atoms. The Morgan fingerprint density at radius 2 is 1.38 bits per heavy atom. The summed E-state index contributed by atoms with van der Waals surface area (Å²) in [4.78, 5) is 0. The van der Waals surface area contributed by atoms with Gasteiger partial charge in [0.2, 0.25) is 0 Å². The van der Waals surface area contributed by atoms with Crippen molar-refractivity contribution >= 4 is 36.3 Å². The van der Waals surface area contributed by atoms with Gasteiger partial charge in [0, 0.05) is 0 Å². The maximum Gasteiger partial charge on any atom is 0.618 e. The zero-order valence-corrected chi connectivity index (χ0v) is 11.5. The molecular weight excluding hydrogens is 255 g/mol. The zero-order valence-electron chi connectivity index (χ0n) is 8.57. The molecule has 0 amide bonds. The normalized spacial score (nSPS) is 8.38. The lowest BCUT2D eigenvalue weighted by Crippen LogP contribution is -1.81. The molecule has 0 N–H and O–H groups in total. The fraction of sp³-hybridized carbons (Fsp3) is 0. The van der Waals surface area contributed by atoms with Crippen LogP contribution in [0.15, 0.2) is 54.6 Å². The molecule has 0 spiro atoms. The van der Waals surface area contributed by atoms with Crippen molar-refractivity contribution < 1.29 is 4.74 Å². The molecule has 2 aromatic carbocycles. The van der Waals surface area contributed by atoms with Gasteiger partial charge in [0.1, 0.15) is 11.5 Å². The van der Waals surface area contributed by atoms with E-state index in [0.29, 0.717) is 0 Å². The summed E-state index contributed by atoms with van der Waals surface area (Å²) in [6.45, 7) is 0. The minimum Gasteiger partial charge on any atom is -0.457 e. The van der Waals surface area contributed by atoms with Gasteiger partial charge in [0.25, 0.3) is 0 Å². The van der Waals surface area contributed by atoms with Crippen LogP contribution in [0.2, 0.25) is 0 Å². The average molecular weight is 264 g/mol. The molecule has 0 aliphatic heterocycles. The molecular formula is C12H9Cl2MgO. The van der Waals surface area contributed by atoms with Gasteiger partial charge < -0.3 is 22.9 Å². The Bertz CT molecular complexity index is 343. The molecule has 79 valence electrons. The third-order valence-corrected chi connectivity index (χ3v) is 1.67. The maximum absolute atomic E-state index is 5.56. The van der Waals surface area contributed by atoms with Gasteiger partial charge in [-0.2, -0.15) is 0 Å². The van der Waals surface area contributed by atoms with E-state index >= 15 is 0 Å². The lowest BCUT2D eigenvalue weighted by Gasteiger charge is -2.03. The highest BCUT2D eigenvalue weighted by Gasteiger charge is 1.92. The van der Waals surface area contributed by atoms with E-state index in [4.69, 9.17) is 22.9 Å². The summed E-state index contributed by atoms with van der Waals surface area (Å²) in [5.74, 6) is 1.69. The number of rotatable bonds is 2. The summed E-state index contributed by atoms with van der Waals surface area (Å²) in [6, 6.07) is 20.1. The predicted octanol–water partition coefficient (Wildman–Crippen LogP) is 4.28. The van der Waals surface area contributed by atoms with Crippen LogP contribution in [0.25, 0.3) is 0 Å². The molecule has 0 atom stereocenters. The Morgan fingerprint density at radius 3 is 1.94 bits per heavy atom. The Hall–Kier alpha value is -0.414. The molecule has 0 saturated carbocycles. The van der Waals surface area contributed by atoms with Crippen LogP contribution < -0.4 is 4.74 Å². The zero-order chi connectivity index (χ0) is 11.6. The van der Waals surface area contributed by atoms with E-state index in [2.05, 4.69) is 6.07 Å². The Balaban J connectivity index is 0.000000386. The molecule has 0 aliphatic rings. The van der Waals surface area contributed by atoms with Gasteiger partial charge in [-0.3, -0.25) is 0 Å². The van der Waals surface area contributed by atoms with Crippen molar-refractivity contribution in [2.45, 2.75) is 0 Å². The summed E-state index contributed by atoms with van der Waals surface area (Å²) in [5.41, 5.74) is 0. The van der Waals surface area contributed by atoms with Crippen LogP contribution in [-0.2, 0) is 0 Å². The van der Waals surface area contributed by atoms with Crippen LogP contribution in [0.1, 0.15) is 0 Å².